The number of hydrogen-bond donors (Lipinski definition) is 3. The normalized spacial score (nSPS) is 10.9. The predicted molar refractivity (Wildman–Crippen MR) is 158 cm³/mol. The van der Waals surface area contributed by atoms with Crippen molar-refractivity contribution in [2.24, 2.45) is 0 Å². The van der Waals surface area contributed by atoms with Gasteiger partial charge in [-0.05, 0) is 79.9 Å². The highest BCUT2D eigenvalue weighted by molar-refractivity contribution is 5.87. The predicted octanol–water partition coefficient (Wildman–Crippen LogP) is 7.70. The van der Waals surface area contributed by atoms with Crippen LogP contribution < -0.4 is 20.1 Å². The number of ether oxygens (including phenoxy) is 2. The molecule has 41 heavy (non-hydrogen) atoms. The summed E-state index contributed by atoms with van der Waals surface area (Å²) < 4.78 is 10.8. The van der Waals surface area contributed by atoms with Crippen LogP contribution in [0, 0.1) is 13.8 Å². The van der Waals surface area contributed by atoms with Gasteiger partial charge in [0.15, 0.2) is 0 Å². The molecule has 4 rings (SSSR count). The fourth-order valence-electron chi connectivity index (χ4n) is 4.37. The Balaban J connectivity index is 1.46. The van der Waals surface area contributed by atoms with E-state index in [0.29, 0.717) is 29.3 Å². The Kier molecular flexibility index (Phi) is 9.04. The van der Waals surface area contributed by atoms with Gasteiger partial charge < -0.3 is 14.6 Å². The van der Waals surface area contributed by atoms with E-state index in [1.165, 1.54) is 0 Å². The second-order valence-corrected chi connectivity index (χ2v) is 10.0. The molecule has 0 heterocycles. The third-order valence-electron chi connectivity index (χ3n) is 6.84. The zero-order valence-electron chi connectivity index (χ0n) is 23.1. The van der Waals surface area contributed by atoms with E-state index in [1.807, 2.05) is 69.3 Å². The zero-order valence-corrected chi connectivity index (χ0v) is 23.1. The summed E-state index contributed by atoms with van der Waals surface area (Å²) in [4.78, 5) is 36.1. The number of carbonyl (C=O) groups is 3. The van der Waals surface area contributed by atoms with Crippen LogP contribution in [0.1, 0.15) is 42.0 Å². The van der Waals surface area contributed by atoms with Gasteiger partial charge in [-0.25, -0.2) is 9.59 Å². The van der Waals surface area contributed by atoms with E-state index in [-0.39, 0.29) is 6.42 Å². The molecule has 2 amide bonds. The number of hydrogen-bond acceptors (Lipinski definition) is 5. The molecular formula is C33H32N2O6. The molecule has 210 valence electrons. The fraction of sp³-hybridized carbons (Fsp3) is 0.182. The van der Waals surface area contributed by atoms with Crippen LogP contribution in [0.3, 0.4) is 0 Å². The molecule has 0 unspecified atom stereocenters. The van der Waals surface area contributed by atoms with Gasteiger partial charge in [-0.1, -0.05) is 66.6 Å². The van der Waals surface area contributed by atoms with Gasteiger partial charge in [0.1, 0.15) is 11.5 Å². The maximum absolute atomic E-state index is 12.3. The molecule has 0 saturated carbocycles. The minimum Gasteiger partial charge on any atom is -0.481 e. The first kappa shape index (κ1) is 28.9. The van der Waals surface area contributed by atoms with Gasteiger partial charge in [0.05, 0.1) is 0 Å². The topological polar surface area (TPSA) is 114 Å². The number of carboxylic acids is 1. The maximum Gasteiger partial charge on any atom is 0.417 e. The quantitative estimate of drug-likeness (QED) is 0.196. The van der Waals surface area contributed by atoms with Gasteiger partial charge in [-0.2, -0.15) is 0 Å². The standard InChI is InChI=1S/C33H32N2O6/c1-22-4-12-26(13-5-22)34-31(38)40-28-16-8-24(9-17-28)33(3,21-20-30(36)37)25-10-18-29(19-11-25)41-32(39)35-27-14-6-23(2)7-15-27/h4-19H,20-21H2,1-3H3,(H,34,38)(H,35,39)(H,36,37). The van der Waals surface area contributed by atoms with Crippen molar-refractivity contribution in [2.75, 3.05) is 10.6 Å². The van der Waals surface area contributed by atoms with Crippen molar-refractivity contribution in [1.29, 1.82) is 0 Å². The number of aliphatic carboxylic acids is 1. The van der Waals surface area contributed by atoms with Crippen molar-refractivity contribution in [3.8, 4) is 11.5 Å². The summed E-state index contributed by atoms with van der Waals surface area (Å²) in [7, 11) is 0. The van der Waals surface area contributed by atoms with Gasteiger partial charge >= 0.3 is 18.2 Å². The lowest BCUT2D eigenvalue weighted by Crippen LogP contribution is -2.25. The van der Waals surface area contributed by atoms with Crippen LogP contribution in [0.2, 0.25) is 0 Å². The largest absolute Gasteiger partial charge is 0.481 e. The van der Waals surface area contributed by atoms with Crippen LogP contribution in [0.5, 0.6) is 11.5 Å². The number of carbonyl (C=O) groups excluding carboxylic acids is 2. The molecule has 0 fully saturated rings. The van der Waals surface area contributed by atoms with E-state index < -0.39 is 23.6 Å². The molecule has 0 atom stereocenters. The van der Waals surface area contributed by atoms with Crippen molar-refractivity contribution in [3.05, 3.63) is 119 Å². The number of nitrogens with one attached hydrogen (secondary N) is 2. The molecule has 0 aliphatic rings. The van der Waals surface area contributed by atoms with Gasteiger partial charge in [0.2, 0.25) is 0 Å². The Labute approximate surface area is 238 Å². The molecule has 3 N–H and O–H groups in total. The Morgan fingerprint density at radius 3 is 1.34 bits per heavy atom. The Bertz CT molecular complexity index is 1390. The minimum absolute atomic E-state index is 0.0507. The second kappa shape index (κ2) is 12.8. The fourth-order valence-corrected chi connectivity index (χ4v) is 4.37. The smallest absolute Gasteiger partial charge is 0.417 e. The average Bonchev–Trinajstić information content (AvgIpc) is 2.95. The van der Waals surface area contributed by atoms with E-state index in [9.17, 15) is 19.5 Å². The van der Waals surface area contributed by atoms with E-state index in [1.54, 1.807) is 48.5 Å². The molecule has 0 aliphatic carbocycles. The minimum atomic E-state index is -0.906. The van der Waals surface area contributed by atoms with E-state index in [4.69, 9.17) is 9.47 Å². The molecule has 0 radical (unpaired) electrons. The lowest BCUT2D eigenvalue weighted by Gasteiger charge is -2.31. The highest BCUT2D eigenvalue weighted by atomic mass is 16.6. The van der Waals surface area contributed by atoms with Gasteiger partial charge in [-0.3, -0.25) is 15.4 Å². The van der Waals surface area contributed by atoms with Gasteiger partial charge in [-0.15, -0.1) is 0 Å². The number of aryl methyl sites for hydroxylation is 2. The maximum atomic E-state index is 12.3. The molecule has 0 bridgehead atoms. The first-order valence-electron chi connectivity index (χ1n) is 13.1. The summed E-state index contributed by atoms with van der Waals surface area (Å²) in [6.45, 7) is 5.88. The lowest BCUT2D eigenvalue weighted by atomic mass is 9.73. The molecule has 4 aromatic rings. The zero-order chi connectivity index (χ0) is 29.4. The molecule has 8 heteroatoms. The van der Waals surface area contributed by atoms with E-state index in [2.05, 4.69) is 10.6 Å². The monoisotopic (exact) mass is 552 g/mol. The summed E-state index contributed by atoms with van der Waals surface area (Å²) in [5.41, 5.74) is 4.42. The average molecular weight is 553 g/mol. The SMILES string of the molecule is Cc1ccc(NC(=O)Oc2ccc(C(C)(CCC(=O)O)c3ccc(OC(=O)Nc4ccc(C)cc4)cc3)cc2)cc1. The number of anilines is 2. The molecular weight excluding hydrogens is 520 g/mol. The van der Waals surface area contributed by atoms with E-state index >= 15 is 0 Å². The van der Waals surface area contributed by atoms with Crippen molar-refractivity contribution in [1.82, 2.24) is 0 Å². The summed E-state index contributed by atoms with van der Waals surface area (Å²) in [6, 6.07) is 28.7. The van der Waals surface area contributed by atoms with Crippen LogP contribution in [0.15, 0.2) is 97.1 Å². The number of benzene rings is 4. The Morgan fingerprint density at radius 1 is 0.634 bits per heavy atom. The van der Waals surface area contributed by atoms with Crippen LogP contribution in [-0.4, -0.2) is 23.3 Å². The first-order chi connectivity index (χ1) is 19.6. The van der Waals surface area contributed by atoms with Crippen molar-refractivity contribution >= 4 is 29.5 Å². The van der Waals surface area contributed by atoms with Gasteiger partial charge in [0.25, 0.3) is 0 Å². The van der Waals surface area contributed by atoms with Crippen LogP contribution in [-0.2, 0) is 10.2 Å². The van der Waals surface area contributed by atoms with Crippen LogP contribution in [0.4, 0.5) is 21.0 Å². The third-order valence-corrected chi connectivity index (χ3v) is 6.84. The number of carboxylic acid groups (broad SMARTS) is 1. The van der Waals surface area contributed by atoms with Crippen LogP contribution in [0.25, 0.3) is 0 Å². The summed E-state index contributed by atoms with van der Waals surface area (Å²) in [5.74, 6) is -0.207. The Morgan fingerprint density at radius 2 is 1.00 bits per heavy atom. The van der Waals surface area contributed by atoms with E-state index in [0.717, 1.165) is 22.3 Å². The van der Waals surface area contributed by atoms with Crippen molar-refractivity contribution in [3.63, 3.8) is 0 Å². The number of rotatable bonds is 9. The molecule has 8 nitrogen and oxygen atoms in total. The molecule has 0 spiro atoms. The lowest BCUT2D eigenvalue weighted by molar-refractivity contribution is -0.137. The highest BCUT2D eigenvalue weighted by Crippen LogP contribution is 2.38. The van der Waals surface area contributed by atoms with Crippen LogP contribution >= 0.6 is 0 Å². The summed E-state index contributed by atoms with van der Waals surface area (Å²) in [6.07, 6.45) is -0.954. The third kappa shape index (κ3) is 7.95. The van der Waals surface area contributed by atoms with Crippen molar-refractivity contribution in [2.45, 2.75) is 39.0 Å². The summed E-state index contributed by atoms with van der Waals surface area (Å²) >= 11 is 0. The Hall–Kier alpha value is -5.11. The highest BCUT2D eigenvalue weighted by Gasteiger charge is 2.30. The molecule has 0 aromatic heterocycles. The second-order valence-electron chi connectivity index (χ2n) is 10.0. The molecule has 0 aliphatic heterocycles. The van der Waals surface area contributed by atoms with Gasteiger partial charge in [0, 0.05) is 23.2 Å². The molecule has 0 saturated heterocycles. The first-order valence-corrected chi connectivity index (χ1v) is 13.1. The molecule has 4 aromatic carbocycles. The summed E-state index contributed by atoms with van der Waals surface area (Å²) in [5, 5.41) is 14.8. The number of amides is 2. The van der Waals surface area contributed by atoms with Crippen molar-refractivity contribution < 1.29 is 29.0 Å².